The summed E-state index contributed by atoms with van der Waals surface area (Å²) in [6.45, 7) is 5.99. The SMILES string of the molecule is COc1c(-c2ccc(N3CC(C)OC(C)C3)cc2)cnc2c(-c3ccc(C#N)cc3)ccnc12. The summed E-state index contributed by atoms with van der Waals surface area (Å²) in [5, 5.41) is 9.10. The molecule has 0 spiro atoms. The Hall–Kier alpha value is -3.95. The molecule has 34 heavy (non-hydrogen) atoms. The number of nitrogens with zero attached hydrogens (tertiary/aromatic N) is 4. The summed E-state index contributed by atoms with van der Waals surface area (Å²) in [5.41, 5.74) is 7.13. The Labute approximate surface area is 199 Å². The van der Waals surface area contributed by atoms with Crippen LogP contribution in [0.4, 0.5) is 5.69 Å². The molecule has 6 nitrogen and oxygen atoms in total. The minimum Gasteiger partial charge on any atom is -0.494 e. The van der Waals surface area contributed by atoms with Crippen molar-refractivity contribution < 1.29 is 9.47 Å². The van der Waals surface area contributed by atoms with Gasteiger partial charge in [-0.15, -0.1) is 0 Å². The van der Waals surface area contributed by atoms with Crippen molar-refractivity contribution in [3.05, 3.63) is 72.6 Å². The van der Waals surface area contributed by atoms with Crippen LogP contribution in [0.5, 0.6) is 5.75 Å². The van der Waals surface area contributed by atoms with Gasteiger partial charge in [-0.2, -0.15) is 5.26 Å². The molecule has 0 aliphatic carbocycles. The number of morpholine rings is 1. The van der Waals surface area contributed by atoms with Gasteiger partial charge in [0, 0.05) is 42.3 Å². The number of aromatic nitrogens is 2. The number of methoxy groups -OCH3 is 1. The molecular weight excluding hydrogens is 424 g/mol. The third-order valence-electron chi connectivity index (χ3n) is 6.20. The molecule has 0 bridgehead atoms. The predicted molar refractivity (Wildman–Crippen MR) is 134 cm³/mol. The summed E-state index contributed by atoms with van der Waals surface area (Å²) in [5.74, 6) is 0.696. The quantitative estimate of drug-likeness (QED) is 0.411. The second-order valence-electron chi connectivity index (χ2n) is 8.66. The summed E-state index contributed by atoms with van der Waals surface area (Å²) >= 11 is 0. The highest BCUT2D eigenvalue weighted by molar-refractivity contribution is 5.97. The van der Waals surface area contributed by atoms with Gasteiger partial charge >= 0.3 is 0 Å². The fourth-order valence-corrected chi connectivity index (χ4v) is 4.68. The summed E-state index contributed by atoms with van der Waals surface area (Å²) in [4.78, 5) is 11.8. The van der Waals surface area contributed by atoms with Crippen LogP contribution in [0, 0.1) is 11.3 Å². The minimum absolute atomic E-state index is 0.213. The lowest BCUT2D eigenvalue weighted by Gasteiger charge is -2.36. The second-order valence-corrected chi connectivity index (χ2v) is 8.66. The van der Waals surface area contributed by atoms with E-state index in [9.17, 15) is 0 Å². The lowest BCUT2D eigenvalue weighted by atomic mass is 10.0. The second kappa shape index (κ2) is 9.12. The molecule has 1 aliphatic rings. The molecule has 2 aromatic carbocycles. The zero-order valence-electron chi connectivity index (χ0n) is 19.5. The lowest BCUT2D eigenvalue weighted by Crippen LogP contribution is -2.45. The Kier molecular flexibility index (Phi) is 5.87. The molecular formula is C28H26N4O2. The normalized spacial score (nSPS) is 18.0. The molecule has 5 rings (SSSR count). The van der Waals surface area contributed by atoms with Crippen LogP contribution in [-0.4, -0.2) is 42.4 Å². The minimum atomic E-state index is 0.213. The fourth-order valence-electron chi connectivity index (χ4n) is 4.68. The number of fused-ring (bicyclic) bond motifs is 1. The molecule has 0 amide bonds. The van der Waals surface area contributed by atoms with E-state index in [0.717, 1.165) is 40.9 Å². The summed E-state index contributed by atoms with van der Waals surface area (Å²) in [6, 6.07) is 20.1. The van der Waals surface area contributed by atoms with Crippen molar-refractivity contribution in [2.24, 2.45) is 0 Å². The highest BCUT2D eigenvalue weighted by atomic mass is 16.5. The smallest absolute Gasteiger partial charge is 0.156 e. The maximum atomic E-state index is 9.10. The summed E-state index contributed by atoms with van der Waals surface area (Å²) in [6.07, 6.45) is 4.05. The van der Waals surface area contributed by atoms with E-state index in [1.54, 1.807) is 13.3 Å². The maximum Gasteiger partial charge on any atom is 0.156 e. The van der Waals surface area contributed by atoms with Gasteiger partial charge in [-0.3, -0.25) is 9.97 Å². The van der Waals surface area contributed by atoms with Gasteiger partial charge in [0.05, 0.1) is 31.0 Å². The predicted octanol–water partition coefficient (Wildman–Crippen LogP) is 5.46. The first-order valence-corrected chi connectivity index (χ1v) is 11.4. The number of hydrogen-bond acceptors (Lipinski definition) is 6. The highest BCUT2D eigenvalue weighted by Crippen LogP contribution is 2.38. The molecule has 0 radical (unpaired) electrons. The van der Waals surface area contributed by atoms with Gasteiger partial charge in [0.15, 0.2) is 5.75 Å². The van der Waals surface area contributed by atoms with Crippen molar-refractivity contribution >= 4 is 16.7 Å². The molecule has 3 heterocycles. The molecule has 2 aromatic heterocycles. The van der Waals surface area contributed by atoms with E-state index < -0.39 is 0 Å². The lowest BCUT2D eigenvalue weighted by molar-refractivity contribution is -0.00521. The van der Waals surface area contributed by atoms with Gasteiger partial charge in [-0.25, -0.2) is 0 Å². The number of benzene rings is 2. The molecule has 4 aromatic rings. The number of rotatable bonds is 4. The first-order valence-electron chi connectivity index (χ1n) is 11.4. The molecule has 2 atom stereocenters. The zero-order valence-corrected chi connectivity index (χ0v) is 19.5. The van der Waals surface area contributed by atoms with Crippen LogP contribution in [-0.2, 0) is 4.74 Å². The highest BCUT2D eigenvalue weighted by Gasteiger charge is 2.22. The average molecular weight is 451 g/mol. The molecule has 1 aliphatic heterocycles. The van der Waals surface area contributed by atoms with Gasteiger partial charge in [0.25, 0.3) is 0 Å². The number of anilines is 1. The van der Waals surface area contributed by atoms with Crippen molar-refractivity contribution in [3.63, 3.8) is 0 Å². The van der Waals surface area contributed by atoms with E-state index in [1.165, 1.54) is 5.69 Å². The maximum absolute atomic E-state index is 9.10. The van der Waals surface area contributed by atoms with E-state index in [-0.39, 0.29) is 12.2 Å². The number of pyridine rings is 2. The third kappa shape index (κ3) is 4.07. The van der Waals surface area contributed by atoms with Crippen LogP contribution in [0.25, 0.3) is 33.3 Å². The van der Waals surface area contributed by atoms with Crippen LogP contribution in [0.2, 0.25) is 0 Å². The Morgan fingerprint density at radius 2 is 1.53 bits per heavy atom. The Balaban J connectivity index is 1.52. The van der Waals surface area contributed by atoms with Gasteiger partial charge in [0.2, 0.25) is 0 Å². The topological polar surface area (TPSA) is 71.3 Å². The monoisotopic (exact) mass is 450 g/mol. The largest absolute Gasteiger partial charge is 0.494 e. The molecule has 0 saturated carbocycles. The molecule has 0 N–H and O–H groups in total. The Bertz CT molecular complexity index is 1350. The summed E-state index contributed by atoms with van der Waals surface area (Å²) < 4.78 is 11.7. The van der Waals surface area contributed by atoms with Crippen molar-refractivity contribution in [2.45, 2.75) is 26.1 Å². The molecule has 170 valence electrons. The summed E-state index contributed by atoms with van der Waals surface area (Å²) in [7, 11) is 1.67. The van der Waals surface area contributed by atoms with E-state index in [4.69, 9.17) is 19.7 Å². The van der Waals surface area contributed by atoms with Crippen LogP contribution in [0.15, 0.2) is 67.0 Å². The molecule has 2 unspecified atom stereocenters. The standard InChI is InChI=1S/C28H26N4O2/c1-18-16-32(17-19(2)34-18)23-10-8-22(9-11-23)25-15-31-26-24(12-13-30-27(26)28(25)33-3)21-6-4-20(14-29)5-7-21/h4-13,15,18-19H,16-17H2,1-3H3. The molecule has 6 heteroatoms. The number of nitriles is 1. The number of hydrogen-bond donors (Lipinski definition) is 0. The van der Waals surface area contributed by atoms with E-state index in [0.29, 0.717) is 16.8 Å². The van der Waals surface area contributed by atoms with Crippen molar-refractivity contribution in [1.29, 1.82) is 5.26 Å². The first kappa shape index (κ1) is 21.9. The van der Waals surface area contributed by atoms with E-state index >= 15 is 0 Å². The van der Waals surface area contributed by atoms with Crippen LogP contribution >= 0.6 is 0 Å². The van der Waals surface area contributed by atoms with Gasteiger partial charge in [0.1, 0.15) is 11.0 Å². The van der Waals surface area contributed by atoms with Crippen molar-refractivity contribution in [2.75, 3.05) is 25.1 Å². The van der Waals surface area contributed by atoms with Crippen molar-refractivity contribution in [1.82, 2.24) is 9.97 Å². The van der Waals surface area contributed by atoms with Crippen LogP contribution < -0.4 is 9.64 Å². The fraction of sp³-hybridized carbons (Fsp3) is 0.250. The van der Waals surface area contributed by atoms with Crippen molar-refractivity contribution in [3.8, 4) is 34.1 Å². The Morgan fingerprint density at radius 3 is 2.18 bits per heavy atom. The first-order chi connectivity index (χ1) is 16.6. The van der Waals surface area contributed by atoms with Crippen LogP contribution in [0.3, 0.4) is 0 Å². The van der Waals surface area contributed by atoms with Gasteiger partial charge in [-0.1, -0.05) is 24.3 Å². The average Bonchev–Trinajstić information content (AvgIpc) is 2.87. The number of ether oxygens (including phenoxy) is 2. The van der Waals surface area contributed by atoms with Crippen LogP contribution in [0.1, 0.15) is 19.4 Å². The zero-order chi connectivity index (χ0) is 23.7. The Morgan fingerprint density at radius 1 is 0.882 bits per heavy atom. The van der Waals surface area contributed by atoms with Gasteiger partial charge in [-0.05, 0) is 55.3 Å². The van der Waals surface area contributed by atoms with E-state index in [2.05, 4.69) is 54.1 Å². The van der Waals surface area contributed by atoms with Gasteiger partial charge < -0.3 is 14.4 Å². The third-order valence-corrected chi connectivity index (χ3v) is 6.20. The molecule has 1 saturated heterocycles. The molecule has 1 fully saturated rings. The van der Waals surface area contributed by atoms with E-state index in [1.807, 2.05) is 36.5 Å².